The average Bonchev–Trinajstić information content (AvgIpc) is 3.76. The lowest BCUT2D eigenvalue weighted by molar-refractivity contribution is 0.0698. The van der Waals surface area contributed by atoms with Gasteiger partial charge in [-0.05, 0) is 46.5 Å². The van der Waals surface area contributed by atoms with Crippen molar-refractivity contribution in [3.05, 3.63) is 126 Å². The van der Waals surface area contributed by atoms with E-state index in [1.165, 1.54) is 12.4 Å². The fraction of sp³-hybridized carbons (Fsp3) is 0.0303. The Morgan fingerprint density at radius 3 is 2.48 bits per heavy atom. The summed E-state index contributed by atoms with van der Waals surface area (Å²) in [4.78, 5) is 46.7. The lowest BCUT2D eigenvalue weighted by atomic mass is 9.98. The van der Waals surface area contributed by atoms with Gasteiger partial charge in [-0.1, -0.05) is 42.5 Å². The van der Waals surface area contributed by atoms with Crippen molar-refractivity contribution in [1.29, 1.82) is 0 Å². The molecule has 0 saturated carbocycles. The van der Waals surface area contributed by atoms with E-state index in [-0.39, 0.29) is 17.5 Å². The zero-order valence-electron chi connectivity index (χ0n) is 23.0. The molecule has 1 amide bonds. The molecule has 6 N–H and O–H groups in total. The number of aromatic amines is 2. The van der Waals surface area contributed by atoms with Gasteiger partial charge in [0.1, 0.15) is 11.5 Å². The molecular formula is C33H24N8O3. The minimum absolute atomic E-state index is 0.238. The Balaban J connectivity index is 0.000000218. The molecule has 5 heterocycles. The molecular weight excluding hydrogens is 556 g/mol. The van der Waals surface area contributed by atoms with Crippen LogP contribution < -0.4 is 11.1 Å². The lowest BCUT2D eigenvalue weighted by Gasteiger charge is -2.17. The van der Waals surface area contributed by atoms with Crippen LogP contribution in [-0.2, 0) is 0 Å². The van der Waals surface area contributed by atoms with E-state index in [0.717, 1.165) is 44.7 Å². The Bertz CT molecular complexity index is 2170. The number of nitrogens with two attached hydrogens (primary N) is 1. The molecule has 1 unspecified atom stereocenters. The van der Waals surface area contributed by atoms with Gasteiger partial charge in [0.25, 0.3) is 5.91 Å². The second kappa shape index (κ2) is 10.8. The highest BCUT2D eigenvalue weighted by atomic mass is 16.4. The number of carboxylic acid groups (broad SMARTS) is 1. The Hall–Kier alpha value is -6.36. The number of nitrogen functional groups attached to an aromatic ring is 1. The molecule has 8 rings (SSSR count). The summed E-state index contributed by atoms with van der Waals surface area (Å²) in [6, 6.07) is 20.8. The molecule has 5 aromatic heterocycles. The predicted molar refractivity (Wildman–Crippen MR) is 166 cm³/mol. The van der Waals surface area contributed by atoms with Crippen molar-refractivity contribution < 1.29 is 14.7 Å². The number of carbonyl (C=O) groups is 2. The van der Waals surface area contributed by atoms with Crippen molar-refractivity contribution in [3.8, 4) is 22.5 Å². The van der Waals surface area contributed by atoms with Crippen LogP contribution >= 0.6 is 0 Å². The Morgan fingerprint density at radius 1 is 0.841 bits per heavy atom. The Morgan fingerprint density at radius 2 is 1.64 bits per heavy atom. The summed E-state index contributed by atoms with van der Waals surface area (Å²) in [6.07, 6.45) is 9.61. The first-order valence-electron chi connectivity index (χ1n) is 13.7. The van der Waals surface area contributed by atoms with Gasteiger partial charge in [0, 0.05) is 35.7 Å². The number of carboxylic acids is 1. The quantitative estimate of drug-likeness (QED) is 0.185. The molecule has 0 bridgehead atoms. The van der Waals surface area contributed by atoms with Gasteiger partial charge in [-0.2, -0.15) is 0 Å². The first-order valence-corrected chi connectivity index (χ1v) is 13.7. The number of imidazole rings is 1. The van der Waals surface area contributed by atoms with Crippen LogP contribution in [0.4, 0.5) is 5.69 Å². The van der Waals surface area contributed by atoms with Gasteiger partial charge in [-0.25, -0.2) is 14.8 Å². The predicted octanol–water partition coefficient (Wildman–Crippen LogP) is 5.36. The summed E-state index contributed by atoms with van der Waals surface area (Å²) < 4.78 is 0. The van der Waals surface area contributed by atoms with Crippen LogP contribution in [0.2, 0.25) is 0 Å². The highest BCUT2D eigenvalue weighted by molar-refractivity contribution is 6.02. The molecule has 0 spiro atoms. The van der Waals surface area contributed by atoms with E-state index in [2.05, 4.69) is 36.3 Å². The average molecular weight is 581 g/mol. The number of benzene rings is 2. The molecule has 1 aliphatic rings. The van der Waals surface area contributed by atoms with Gasteiger partial charge in [-0.3, -0.25) is 14.8 Å². The third kappa shape index (κ3) is 4.58. The number of nitrogens with zero attached hydrogens (tertiary/aromatic N) is 4. The Labute approximate surface area is 249 Å². The topological polar surface area (TPSA) is 176 Å². The van der Waals surface area contributed by atoms with E-state index in [1.807, 2.05) is 42.5 Å². The summed E-state index contributed by atoms with van der Waals surface area (Å²) >= 11 is 0. The summed E-state index contributed by atoms with van der Waals surface area (Å²) in [5.41, 5.74) is 14.5. The second-order valence-corrected chi connectivity index (χ2v) is 10.1. The van der Waals surface area contributed by atoms with Crippen LogP contribution in [0, 0.1) is 0 Å². The monoisotopic (exact) mass is 580 g/mol. The molecule has 11 nitrogen and oxygen atoms in total. The molecule has 7 aromatic rings. The standard InChI is InChI=1S/C25H18N6O.C8H6N2O2/c26-19-12-27-10-8-16(19)25(32)31-23-15-5-2-1-4-14(15)22-17(23)6-3-7-18(22)24-29-20-9-11-28-13-21(20)30-24;11-8(12)6-4-10-7-5(6)2-1-3-9-7/h1-13,23H,26H2,(H,29,30)(H,31,32);1-4H,(H,9,10)(H,11,12). The minimum Gasteiger partial charge on any atom is -0.478 e. The molecule has 0 aliphatic heterocycles. The third-order valence-corrected chi connectivity index (χ3v) is 7.54. The molecule has 0 fully saturated rings. The van der Waals surface area contributed by atoms with Crippen molar-refractivity contribution in [2.45, 2.75) is 6.04 Å². The van der Waals surface area contributed by atoms with Gasteiger partial charge >= 0.3 is 5.97 Å². The number of aromatic carboxylic acids is 1. The maximum absolute atomic E-state index is 13.1. The molecule has 0 saturated heterocycles. The van der Waals surface area contributed by atoms with Crippen LogP contribution in [0.15, 0.2) is 104 Å². The largest absolute Gasteiger partial charge is 0.478 e. The van der Waals surface area contributed by atoms with Crippen LogP contribution in [0.5, 0.6) is 0 Å². The normalized spacial score (nSPS) is 13.1. The third-order valence-electron chi connectivity index (χ3n) is 7.54. The maximum Gasteiger partial charge on any atom is 0.337 e. The highest BCUT2D eigenvalue weighted by Crippen LogP contribution is 2.47. The summed E-state index contributed by atoms with van der Waals surface area (Å²) in [5.74, 6) is -0.406. The summed E-state index contributed by atoms with van der Waals surface area (Å²) in [6.45, 7) is 0. The number of nitrogens with one attached hydrogen (secondary N) is 3. The van der Waals surface area contributed by atoms with Crippen molar-refractivity contribution in [2.75, 3.05) is 5.73 Å². The van der Waals surface area contributed by atoms with E-state index in [4.69, 9.17) is 15.8 Å². The summed E-state index contributed by atoms with van der Waals surface area (Å²) in [7, 11) is 0. The number of hydrogen-bond donors (Lipinski definition) is 5. The number of fused-ring (bicyclic) bond motifs is 5. The van der Waals surface area contributed by atoms with Gasteiger partial charge in [0.05, 0.1) is 46.3 Å². The van der Waals surface area contributed by atoms with Gasteiger partial charge in [0.2, 0.25) is 0 Å². The number of aromatic nitrogens is 6. The zero-order chi connectivity index (χ0) is 30.2. The number of carbonyl (C=O) groups excluding carboxylic acids is 1. The van der Waals surface area contributed by atoms with Crippen LogP contribution in [0.1, 0.15) is 37.9 Å². The lowest BCUT2D eigenvalue weighted by Crippen LogP contribution is -2.28. The Kier molecular flexibility index (Phi) is 6.51. The van der Waals surface area contributed by atoms with Crippen molar-refractivity contribution in [1.82, 2.24) is 35.2 Å². The fourth-order valence-corrected chi connectivity index (χ4v) is 5.55. The zero-order valence-corrected chi connectivity index (χ0v) is 23.0. The number of amides is 1. The van der Waals surface area contributed by atoms with Gasteiger partial charge < -0.3 is 26.1 Å². The molecule has 1 aliphatic carbocycles. The van der Waals surface area contributed by atoms with Crippen molar-refractivity contribution in [3.63, 3.8) is 0 Å². The van der Waals surface area contributed by atoms with E-state index in [9.17, 15) is 9.59 Å². The van der Waals surface area contributed by atoms with Crippen LogP contribution in [0.3, 0.4) is 0 Å². The maximum atomic E-state index is 13.1. The first kappa shape index (κ1) is 26.5. The highest BCUT2D eigenvalue weighted by Gasteiger charge is 2.32. The molecule has 0 radical (unpaired) electrons. The SMILES string of the molecule is Nc1cnccc1C(=O)NC1c2ccccc2-c2c(-c3nc4ccncc4[nH]3)cccc21.O=C(O)c1c[nH]c2ncccc12. The molecule has 44 heavy (non-hydrogen) atoms. The summed E-state index contributed by atoms with van der Waals surface area (Å²) in [5, 5.41) is 12.5. The van der Waals surface area contributed by atoms with Gasteiger partial charge in [0.15, 0.2) is 0 Å². The number of hydrogen-bond acceptors (Lipinski definition) is 7. The minimum atomic E-state index is -0.936. The fourth-order valence-electron chi connectivity index (χ4n) is 5.55. The van der Waals surface area contributed by atoms with Crippen LogP contribution in [-0.4, -0.2) is 46.9 Å². The second-order valence-electron chi connectivity index (χ2n) is 10.1. The number of anilines is 1. The molecule has 214 valence electrons. The molecule has 11 heteroatoms. The van der Waals surface area contributed by atoms with E-state index >= 15 is 0 Å². The van der Waals surface area contributed by atoms with E-state index in [0.29, 0.717) is 22.3 Å². The smallest absolute Gasteiger partial charge is 0.337 e. The molecule has 1 atom stereocenters. The number of H-pyrrole nitrogens is 2. The van der Waals surface area contributed by atoms with Crippen LogP contribution in [0.25, 0.3) is 44.6 Å². The van der Waals surface area contributed by atoms with E-state index in [1.54, 1.807) is 43.0 Å². The van der Waals surface area contributed by atoms with Crippen molar-refractivity contribution >= 4 is 39.6 Å². The number of rotatable bonds is 4. The van der Waals surface area contributed by atoms with Gasteiger partial charge in [-0.15, -0.1) is 0 Å². The van der Waals surface area contributed by atoms with E-state index < -0.39 is 5.97 Å². The number of pyridine rings is 3. The first-order chi connectivity index (χ1) is 21.5. The van der Waals surface area contributed by atoms with Crippen molar-refractivity contribution in [2.24, 2.45) is 0 Å². The molecule has 2 aromatic carbocycles.